The second-order valence-corrected chi connectivity index (χ2v) is 9.23. The van der Waals surface area contributed by atoms with Gasteiger partial charge in [0.2, 0.25) is 0 Å². The summed E-state index contributed by atoms with van der Waals surface area (Å²) >= 11 is 0. The lowest BCUT2D eigenvalue weighted by Gasteiger charge is -2.39. The lowest BCUT2D eigenvalue weighted by atomic mass is 9.82. The summed E-state index contributed by atoms with van der Waals surface area (Å²) in [4.78, 5) is 30.0. The van der Waals surface area contributed by atoms with E-state index in [1.165, 1.54) is 10.5 Å². The van der Waals surface area contributed by atoms with E-state index < -0.39 is 5.54 Å². The number of hydrogen-bond acceptors (Lipinski definition) is 5. The van der Waals surface area contributed by atoms with Crippen molar-refractivity contribution in [2.45, 2.75) is 50.1 Å². The minimum absolute atomic E-state index is 0.0721. The minimum Gasteiger partial charge on any atom is -0.493 e. The Morgan fingerprint density at radius 2 is 1.70 bits per heavy atom. The zero-order chi connectivity index (χ0) is 23.0. The van der Waals surface area contributed by atoms with Crippen molar-refractivity contribution in [1.29, 1.82) is 0 Å². The first-order chi connectivity index (χ1) is 16.1. The molecule has 1 spiro atoms. The van der Waals surface area contributed by atoms with Gasteiger partial charge in [-0.1, -0.05) is 49.6 Å². The number of benzene rings is 2. The summed E-state index contributed by atoms with van der Waals surface area (Å²) < 4.78 is 11.1. The summed E-state index contributed by atoms with van der Waals surface area (Å²) in [7, 11) is 3.28. The van der Waals surface area contributed by atoms with Crippen LogP contribution in [0.4, 0.5) is 4.79 Å². The van der Waals surface area contributed by atoms with Crippen molar-refractivity contribution in [3.63, 3.8) is 0 Å². The molecule has 1 saturated heterocycles. The first-order valence-electron chi connectivity index (χ1n) is 11.7. The topological polar surface area (TPSA) is 71.1 Å². The molecule has 3 aliphatic rings. The van der Waals surface area contributed by atoms with Gasteiger partial charge in [-0.2, -0.15) is 0 Å². The summed E-state index contributed by atoms with van der Waals surface area (Å²) in [6.07, 6.45) is 5.34. The third-order valence-corrected chi connectivity index (χ3v) is 7.36. The standard InChI is InChI=1S/C26H31N3O4/c1-32-21-15-19-11-14-28(17-29-24(30)26(27-25(29)31)12-7-4-8-13-26)23(18-9-5-3-6-10-18)20(19)16-22(21)33-2/h3,5-6,9-10,15-16,23H,4,7-8,11-14,17H2,1-2H3,(H,27,31)/t23-/m0/s1. The van der Waals surface area contributed by atoms with Crippen molar-refractivity contribution in [3.05, 3.63) is 59.2 Å². The Balaban J connectivity index is 1.50. The summed E-state index contributed by atoms with van der Waals surface area (Å²) in [5.74, 6) is 1.32. The number of ether oxygens (including phenoxy) is 2. The zero-order valence-electron chi connectivity index (χ0n) is 19.3. The summed E-state index contributed by atoms with van der Waals surface area (Å²) in [6, 6.07) is 13.9. The molecule has 174 valence electrons. The Labute approximate surface area is 194 Å². The van der Waals surface area contributed by atoms with E-state index in [4.69, 9.17) is 9.47 Å². The van der Waals surface area contributed by atoms with Crippen molar-refractivity contribution < 1.29 is 19.1 Å². The van der Waals surface area contributed by atoms with Crippen LogP contribution in [0.1, 0.15) is 54.8 Å². The minimum atomic E-state index is -0.706. The number of nitrogens with one attached hydrogen (secondary N) is 1. The molecule has 1 atom stereocenters. The van der Waals surface area contributed by atoms with Crippen LogP contribution in [0.25, 0.3) is 0 Å². The fourth-order valence-corrected chi connectivity index (χ4v) is 5.66. The molecule has 0 unspecified atom stereocenters. The van der Waals surface area contributed by atoms with E-state index in [-0.39, 0.29) is 24.6 Å². The SMILES string of the molecule is COc1cc2c(cc1OC)[C@H](c1ccccc1)N(CN1C(=O)NC3(CCCCC3)C1=O)CC2. The Bertz CT molecular complexity index is 1050. The van der Waals surface area contributed by atoms with Gasteiger partial charge in [0.1, 0.15) is 5.54 Å². The van der Waals surface area contributed by atoms with Gasteiger partial charge in [0.15, 0.2) is 11.5 Å². The van der Waals surface area contributed by atoms with Gasteiger partial charge in [0.25, 0.3) is 5.91 Å². The Hall–Kier alpha value is -3.06. The van der Waals surface area contributed by atoms with Crippen LogP contribution in [-0.2, 0) is 11.2 Å². The maximum atomic E-state index is 13.4. The number of amides is 3. The van der Waals surface area contributed by atoms with Crippen molar-refractivity contribution in [1.82, 2.24) is 15.1 Å². The molecule has 2 aromatic rings. The van der Waals surface area contributed by atoms with Crippen LogP contribution in [-0.4, -0.2) is 54.7 Å². The summed E-state index contributed by atoms with van der Waals surface area (Å²) in [6.45, 7) is 0.992. The van der Waals surface area contributed by atoms with E-state index in [1.807, 2.05) is 30.3 Å². The predicted octanol–water partition coefficient (Wildman–Crippen LogP) is 3.86. The number of carbonyl (C=O) groups is 2. The highest BCUT2D eigenvalue weighted by atomic mass is 16.5. The molecule has 1 N–H and O–H groups in total. The van der Waals surface area contributed by atoms with Gasteiger partial charge in [0.05, 0.1) is 26.9 Å². The van der Waals surface area contributed by atoms with Gasteiger partial charge in [-0.15, -0.1) is 0 Å². The van der Waals surface area contributed by atoms with E-state index in [2.05, 4.69) is 22.3 Å². The third-order valence-electron chi connectivity index (χ3n) is 7.36. The molecule has 2 aliphatic heterocycles. The van der Waals surface area contributed by atoms with Gasteiger partial charge in [-0.3, -0.25) is 9.69 Å². The number of methoxy groups -OCH3 is 2. The normalized spacial score (nSPS) is 22.2. The first-order valence-corrected chi connectivity index (χ1v) is 11.7. The molecular weight excluding hydrogens is 418 g/mol. The van der Waals surface area contributed by atoms with Crippen LogP contribution in [0, 0.1) is 0 Å². The smallest absolute Gasteiger partial charge is 0.326 e. The predicted molar refractivity (Wildman–Crippen MR) is 124 cm³/mol. The number of fused-ring (bicyclic) bond motifs is 1. The number of imide groups is 1. The Kier molecular flexibility index (Phi) is 5.74. The van der Waals surface area contributed by atoms with Crippen LogP contribution in [0.2, 0.25) is 0 Å². The van der Waals surface area contributed by atoms with Crippen molar-refractivity contribution in [3.8, 4) is 11.5 Å². The van der Waals surface area contributed by atoms with Crippen molar-refractivity contribution in [2.75, 3.05) is 27.4 Å². The van der Waals surface area contributed by atoms with E-state index >= 15 is 0 Å². The highest BCUT2D eigenvalue weighted by Gasteiger charge is 2.52. The van der Waals surface area contributed by atoms with Gasteiger partial charge in [0, 0.05) is 6.54 Å². The van der Waals surface area contributed by atoms with E-state index in [0.717, 1.165) is 56.2 Å². The molecule has 0 bridgehead atoms. The molecule has 33 heavy (non-hydrogen) atoms. The maximum absolute atomic E-state index is 13.4. The highest BCUT2D eigenvalue weighted by Crippen LogP contribution is 2.42. The summed E-state index contributed by atoms with van der Waals surface area (Å²) in [5.41, 5.74) is 2.72. The second-order valence-electron chi connectivity index (χ2n) is 9.23. The quantitative estimate of drug-likeness (QED) is 0.702. The average molecular weight is 450 g/mol. The number of carbonyl (C=O) groups excluding carboxylic acids is 2. The van der Waals surface area contributed by atoms with Crippen molar-refractivity contribution in [2.24, 2.45) is 0 Å². The number of urea groups is 1. The van der Waals surface area contributed by atoms with Crippen LogP contribution in [0.15, 0.2) is 42.5 Å². The van der Waals surface area contributed by atoms with Crippen molar-refractivity contribution >= 4 is 11.9 Å². The molecule has 2 heterocycles. The molecular formula is C26H31N3O4. The molecule has 1 saturated carbocycles. The van der Waals surface area contributed by atoms with Gasteiger partial charge >= 0.3 is 6.03 Å². The van der Waals surface area contributed by atoms with Crippen LogP contribution >= 0.6 is 0 Å². The van der Waals surface area contributed by atoms with Gasteiger partial charge in [-0.05, 0) is 48.1 Å². The number of rotatable bonds is 5. The van der Waals surface area contributed by atoms with E-state index in [1.54, 1.807) is 14.2 Å². The molecule has 2 aromatic carbocycles. The number of hydrogen-bond donors (Lipinski definition) is 1. The highest BCUT2D eigenvalue weighted by molar-refractivity contribution is 6.07. The molecule has 0 aromatic heterocycles. The van der Waals surface area contributed by atoms with Crippen LogP contribution in [0.5, 0.6) is 11.5 Å². The molecule has 7 nitrogen and oxygen atoms in total. The lowest BCUT2D eigenvalue weighted by Crippen LogP contribution is -2.50. The maximum Gasteiger partial charge on any atom is 0.326 e. The Morgan fingerprint density at radius 3 is 2.39 bits per heavy atom. The molecule has 7 heteroatoms. The number of nitrogens with zero attached hydrogens (tertiary/aromatic N) is 2. The van der Waals surface area contributed by atoms with Crippen LogP contribution in [0.3, 0.4) is 0 Å². The van der Waals surface area contributed by atoms with E-state index in [9.17, 15) is 9.59 Å². The fraction of sp³-hybridized carbons (Fsp3) is 0.462. The first kappa shape index (κ1) is 21.8. The largest absolute Gasteiger partial charge is 0.493 e. The van der Waals surface area contributed by atoms with Gasteiger partial charge < -0.3 is 14.8 Å². The molecule has 2 fully saturated rings. The molecule has 0 radical (unpaired) electrons. The third kappa shape index (κ3) is 3.74. The Morgan fingerprint density at radius 1 is 1.00 bits per heavy atom. The average Bonchev–Trinajstić information content (AvgIpc) is 3.07. The van der Waals surface area contributed by atoms with Gasteiger partial charge in [-0.25, -0.2) is 9.69 Å². The molecule has 1 aliphatic carbocycles. The fourth-order valence-electron chi connectivity index (χ4n) is 5.66. The molecule has 3 amide bonds. The van der Waals surface area contributed by atoms with E-state index in [0.29, 0.717) is 11.5 Å². The second kappa shape index (κ2) is 8.71. The summed E-state index contributed by atoms with van der Waals surface area (Å²) in [5, 5.41) is 3.04. The zero-order valence-corrected chi connectivity index (χ0v) is 19.3. The lowest BCUT2D eigenvalue weighted by molar-refractivity contribution is -0.134. The molecule has 5 rings (SSSR count). The van der Waals surface area contributed by atoms with Crippen LogP contribution < -0.4 is 14.8 Å². The monoisotopic (exact) mass is 449 g/mol.